The molecule has 2 N–H and O–H groups in total. The Morgan fingerprint density at radius 3 is 3.00 bits per heavy atom. The highest BCUT2D eigenvalue weighted by atomic mass is 79.9. The van der Waals surface area contributed by atoms with Crippen LogP contribution in [0.1, 0.15) is 5.56 Å². The van der Waals surface area contributed by atoms with E-state index in [0.717, 1.165) is 21.8 Å². The summed E-state index contributed by atoms with van der Waals surface area (Å²) in [6.07, 6.45) is 2.70. The fourth-order valence-corrected chi connectivity index (χ4v) is 1.90. The molecule has 72 valence electrons. The van der Waals surface area contributed by atoms with E-state index in [0.29, 0.717) is 6.54 Å². The molecule has 0 aliphatic carbocycles. The van der Waals surface area contributed by atoms with Gasteiger partial charge >= 0.3 is 0 Å². The van der Waals surface area contributed by atoms with Crippen LogP contribution < -0.4 is 5.73 Å². The van der Waals surface area contributed by atoms with Crippen LogP contribution in [0.15, 0.2) is 34.9 Å². The van der Waals surface area contributed by atoms with Gasteiger partial charge < -0.3 is 5.73 Å². The number of nitrogens with two attached hydrogens (primary N) is 1. The molecule has 1 heterocycles. The number of rotatable bonds is 2. The van der Waals surface area contributed by atoms with Gasteiger partial charge in [-0.05, 0) is 40.5 Å². The van der Waals surface area contributed by atoms with E-state index in [4.69, 9.17) is 5.73 Å². The molecule has 0 fully saturated rings. The van der Waals surface area contributed by atoms with Crippen LogP contribution in [0.25, 0.3) is 10.9 Å². The molecule has 0 aliphatic heterocycles. The zero-order chi connectivity index (χ0) is 9.97. The van der Waals surface area contributed by atoms with Crippen molar-refractivity contribution in [2.75, 3.05) is 6.54 Å². The predicted octanol–water partition coefficient (Wildman–Crippen LogP) is 2.50. The SMILES string of the molecule is NCCc1cccc2cc(Br)cnc12. The summed E-state index contributed by atoms with van der Waals surface area (Å²) < 4.78 is 1.01. The summed E-state index contributed by atoms with van der Waals surface area (Å²) in [5, 5.41) is 1.16. The Balaban J connectivity index is 2.62. The van der Waals surface area contributed by atoms with Crippen LogP contribution in [0, 0.1) is 0 Å². The van der Waals surface area contributed by atoms with Crippen molar-refractivity contribution >= 4 is 26.8 Å². The second-order valence-electron chi connectivity index (χ2n) is 3.18. The first-order valence-corrected chi connectivity index (χ1v) is 5.34. The molecule has 0 aliphatic rings. The van der Waals surface area contributed by atoms with Crippen molar-refractivity contribution in [2.45, 2.75) is 6.42 Å². The molecule has 0 bridgehead atoms. The predicted molar refractivity (Wildman–Crippen MR) is 62.2 cm³/mol. The van der Waals surface area contributed by atoms with Crippen LogP contribution in [0.3, 0.4) is 0 Å². The average Bonchev–Trinajstić information content (AvgIpc) is 2.18. The van der Waals surface area contributed by atoms with Crippen LogP contribution >= 0.6 is 15.9 Å². The topological polar surface area (TPSA) is 38.9 Å². The lowest BCUT2D eigenvalue weighted by atomic mass is 10.1. The van der Waals surface area contributed by atoms with Crippen LogP contribution in [0.2, 0.25) is 0 Å². The van der Waals surface area contributed by atoms with E-state index in [2.05, 4.69) is 39.1 Å². The molecule has 14 heavy (non-hydrogen) atoms. The highest BCUT2D eigenvalue weighted by Gasteiger charge is 2.01. The number of para-hydroxylation sites is 1. The minimum atomic E-state index is 0.664. The summed E-state index contributed by atoms with van der Waals surface area (Å²) in [4.78, 5) is 4.40. The molecule has 2 rings (SSSR count). The van der Waals surface area contributed by atoms with Crippen molar-refractivity contribution in [1.82, 2.24) is 4.98 Å². The number of nitrogens with zero attached hydrogens (tertiary/aromatic N) is 1. The van der Waals surface area contributed by atoms with Gasteiger partial charge in [-0.25, -0.2) is 0 Å². The number of aromatic nitrogens is 1. The Labute approximate surface area is 91.3 Å². The molecule has 0 spiro atoms. The molecule has 1 aromatic carbocycles. The minimum absolute atomic E-state index is 0.664. The van der Waals surface area contributed by atoms with Gasteiger partial charge in [0.15, 0.2) is 0 Å². The van der Waals surface area contributed by atoms with Crippen molar-refractivity contribution in [3.8, 4) is 0 Å². The maximum atomic E-state index is 5.54. The summed E-state index contributed by atoms with van der Waals surface area (Å²) in [5.74, 6) is 0. The van der Waals surface area contributed by atoms with Crippen molar-refractivity contribution in [2.24, 2.45) is 5.73 Å². The van der Waals surface area contributed by atoms with E-state index in [1.165, 1.54) is 5.56 Å². The lowest BCUT2D eigenvalue weighted by molar-refractivity contribution is 0.973. The smallest absolute Gasteiger partial charge is 0.0735 e. The van der Waals surface area contributed by atoms with Crippen LogP contribution in [0.4, 0.5) is 0 Å². The Morgan fingerprint density at radius 1 is 1.36 bits per heavy atom. The van der Waals surface area contributed by atoms with Gasteiger partial charge in [0.05, 0.1) is 5.52 Å². The zero-order valence-corrected chi connectivity index (χ0v) is 9.29. The van der Waals surface area contributed by atoms with Crippen LogP contribution in [0.5, 0.6) is 0 Å². The Kier molecular flexibility index (Phi) is 2.79. The molecular formula is C11H11BrN2. The molecule has 3 heteroatoms. The van der Waals surface area contributed by atoms with Gasteiger partial charge in [-0.1, -0.05) is 18.2 Å². The second-order valence-corrected chi connectivity index (χ2v) is 4.10. The second kappa shape index (κ2) is 4.07. The third-order valence-corrected chi connectivity index (χ3v) is 2.61. The number of halogens is 1. The summed E-state index contributed by atoms with van der Waals surface area (Å²) in [5.41, 5.74) is 7.82. The fraction of sp³-hybridized carbons (Fsp3) is 0.182. The lowest BCUT2D eigenvalue weighted by Gasteiger charge is -2.04. The number of hydrogen-bond donors (Lipinski definition) is 1. The van der Waals surface area contributed by atoms with Crippen molar-refractivity contribution in [1.29, 1.82) is 0 Å². The van der Waals surface area contributed by atoms with Crippen LogP contribution in [-0.4, -0.2) is 11.5 Å². The molecule has 0 radical (unpaired) electrons. The van der Waals surface area contributed by atoms with E-state index < -0.39 is 0 Å². The monoisotopic (exact) mass is 250 g/mol. The molecule has 2 nitrogen and oxygen atoms in total. The zero-order valence-electron chi connectivity index (χ0n) is 7.70. The number of benzene rings is 1. The van der Waals surface area contributed by atoms with Gasteiger partial charge in [-0.2, -0.15) is 0 Å². The quantitative estimate of drug-likeness (QED) is 0.890. The van der Waals surface area contributed by atoms with E-state index in [9.17, 15) is 0 Å². The van der Waals surface area contributed by atoms with Crippen LogP contribution in [-0.2, 0) is 6.42 Å². The Hall–Kier alpha value is -0.930. The summed E-state index contributed by atoms with van der Waals surface area (Å²) in [6.45, 7) is 0.664. The highest BCUT2D eigenvalue weighted by molar-refractivity contribution is 9.10. The summed E-state index contributed by atoms with van der Waals surface area (Å²) >= 11 is 3.41. The fourth-order valence-electron chi connectivity index (χ4n) is 1.55. The maximum absolute atomic E-state index is 5.54. The lowest BCUT2D eigenvalue weighted by Crippen LogP contribution is -2.03. The van der Waals surface area contributed by atoms with E-state index in [1.54, 1.807) is 0 Å². The Morgan fingerprint density at radius 2 is 2.21 bits per heavy atom. The van der Waals surface area contributed by atoms with Gasteiger partial charge in [-0.3, -0.25) is 4.98 Å². The first-order valence-electron chi connectivity index (χ1n) is 4.54. The molecular weight excluding hydrogens is 240 g/mol. The third-order valence-electron chi connectivity index (χ3n) is 2.17. The minimum Gasteiger partial charge on any atom is -0.330 e. The van der Waals surface area contributed by atoms with Gasteiger partial charge in [0.1, 0.15) is 0 Å². The molecule has 0 unspecified atom stereocenters. The molecule has 0 atom stereocenters. The molecule has 0 amide bonds. The van der Waals surface area contributed by atoms with Gasteiger partial charge in [0, 0.05) is 16.1 Å². The van der Waals surface area contributed by atoms with Crippen molar-refractivity contribution in [3.05, 3.63) is 40.5 Å². The normalized spacial score (nSPS) is 10.7. The summed E-state index contributed by atoms with van der Waals surface area (Å²) in [7, 11) is 0. The standard InChI is InChI=1S/C11H11BrN2/c12-10-6-9-3-1-2-8(4-5-13)11(9)14-7-10/h1-3,6-7H,4-5,13H2. The van der Waals surface area contributed by atoms with Gasteiger partial charge in [-0.15, -0.1) is 0 Å². The van der Waals surface area contributed by atoms with Gasteiger partial charge in [0.25, 0.3) is 0 Å². The highest BCUT2D eigenvalue weighted by Crippen LogP contribution is 2.20. The number of pyridine rings is 1. The average molecular weight is 251 g/mol. The number of hydrogen-bond acceptors (Lipinski definition) is 2. The molecule has 2 aromatic rings. The molecule has 0 saturated heterocycles. The number of fused-ring (bicyclic) bond motifs is 1. The third kappa shape index (κ3) is 1.79. The van der Waals surface area contributed by atoms with Gasteiger partial charge in [0.2, 0.25) is 0 Å². The van der Waals surface area contributed by atoms with Crippen molar-refractivity contribution < 1.29 is 0 Å². The molecule has 0 saturated carbocycles. The molecule has 1 aromatic heterocycles. The maximum Gasteiger partial charge on any atom is 0.0735 e. The first-order chi connectivity index (χ1) is 6.81. The largest absolute Gasteiger partial charge is 0.330 e. The van der Waals surface area contributed by atoms with Crippen molar-refractivity contribution in [3.63, 3.8) is 0 Å². The van der Waals surface area contributed by atoms with E-state index in [1.807, 2.05) is 12.3 Å². The summed E-state index contributed by atoms with van der Waals surface area (Å²) in [6, 6.07) is 8.26. The van der Waals surface area contributed by atoms with E-state index >= 15 is 0 Å². The van der Waals surface area contributed by atoms with E-state index in [-0.39, 0.29) is 0 Å². The first kappa shape index (κ1) is 9.62. The Bertz CT molecular complexity index is 454.